The molecule has 2 heterocycles. The van der Waals surface area contributed by atoms with Gasteiger partial charge in [0, 0.05) is 25.6 Å². The molecule has 1 unspecified atom stereocenters. The normalized spacial score (nSPS) is 24.2. The highest BCUT2D eigenvalue weighted by atomic mass is 16.2. The summed E-state index contributed by atoms with van der Waals surface area (Å²) in [6.07, 6.45) is 5.94. The Morgan fingerprint density at radius 3 is 2.68 bits per heavy atom. The van der Waals surface area contributed by atoms with Gasteiger partial charge >= 0.3 is 0 Å². The van der Waals surface area contributed by atoms with Gasteiger partial charge in [0.05, 0.1) is 12.5 Å². The highest BCUT2D eigenvalue weighted by Crippen LogP contribution is 2.22. The fourth-order valence-electron chi connectivity index (χ4n) is 3.20. The van der Waals surface area contributed by atoms with Crippen molar-refractivity contribution in [1.29, 1.82) is 5.26 Å². The molecule has 0 bridgehead atoms. The van der Waals surface area contributed by atoms with Crippen LogP contribution >= 0.6 is 0 Å². The van der Waals surface area contributed by atoms with Crippen LogP contribution in [-0.2, 0) is 4.79 Å². The molecule has 2 aliphatic heterocycles. The zero-order valence-electron chi connectivity index (χ0n) is 12.0. The van der Waals surface area contributed by atoms with Gasteiger partial charge < -0.3 is 4.90 Å². The van der Waals surface area contributed by atoms with Crippen LogP contribution in [0.1, 0.15) is 45.4 Å². The molecule has 0 aromatic carbocycles. The number of carbonyl (C=O) groups is 1. The lowest BCUT2D eigenvalue weighted by molar-refractivity contribution is -0.134. The molecule has 4 heteroatoms. The molecule has 2 aliphatic rings. The van der Waals surface area contributed by atoms with Crippen molar-refractivity contribution >= 4 is 5.91 Å². The van der Waals surface area contributed by atoms with Crippen LogP contribution in [0.3, 0.4) is 0 Å². The Labute approximate surface area is 116 Å². The maximum Gasteiger partial charge on any atom is 0.222 e. The maximum atomic E-state index is 11.8. The van der Waals surface area contributed by atoms with E-state index in [0.29, 0.717) is 24.3 Å². The van der Waals surface area contributed by atoms with Crippen LogP contribution < -0.4 is 0 Å². The van der Waals surface area contributed by atoms with Gasteiger partial charge in [0.1, 0.15) is 0 Å². The Morgan fingerprint density at radius 2 is 2.05 bits per heavy atom. The molecule has 19 heavy (non-hydrogen) atoms. The number of amides is 1. The summed E-state index contributed by atoms with van der Waals surface area (Å²) < 4.78 is 0. The van der Waals surface area contributed by atoms with Crippen molar-refractivity contribution in [3.05, 3.63) is 0 Å². The molecule has 1 atom stereocenters. The number of likely N-dealkylation sites (tertiary alicyclic amines) is 2. The number of rotatable bonds is 4. The maximum absolute atomic E-state index is 11.8. The first-order chi connectivity index (χ1) is 9.20. The van der Waals surface area contributed by atoms with E-state index in [-0.39, 0.29) is 0 Å². The van der Waals surface area contributed by atoms with Gasteiger partial charge in [0.2, 0.25) is 5.91 Å². The molecule has 2 rings (SSSR count). The van der Waals surface area contributed by atoms with Crippen LogP contribution in [0.2, 0.25) is 0 Å². The second-order valence-corrected chi connectivity index (χ2v) is 5.99. The van der Waals surface area contributed by atoms with Gasteiger partial charge in [-0.2, -0.15) is 5.26 Å². The quantitative estimate of drug-likeness (QED) is 0.779. The first-order valence-corrected chi connectivity index (χ1v) is 7.59. The van der Waals surface area contributed by atoms with Crippen LogP contribution in [0, 0.1) is 17.2 Å². The molecular formula is C15H25N3O. The Hall–Kier alpha value is -1.08. The molecule has 0 radical (unpaired) electrons. The van der Waals surface area contributed by atoms with Crippen molar-refractivity contribution in [3.8, 4) is 6.07 Å². The molecule has 0 aromatic rings. The lowest BCUT2D eigenvalue weighted by Gasteiger charge is -2.38. The minimum Gasteiger partial charge on any atom is -0.342 e. The van der Waals surface area contributed by atoms with Crippen LogP contribution in [0.4, 0.5) is 0 Å². The van der Waals surface area contributed by atoms with Gasteiger partial charge in [-0.15, -0.1) is 0 Å². The number of hydrogen-bond acceptors (Lipinski definition) is 3. The summed E-state index contributed by atoms with van der Waals surface area (Å²) >= 11 is 0. The summed E-state index contributed by atoms with van der Waals surface area (Å²) in [7, 11) is 0. The summed E-state index contributed by atoms with van der Waals surface area (Å²) in [5, 5.41) is 8.74. The lowest BCUT2D eigenvalue weighted by atomic mass is 9.94. The van der Waals surface area contributed by atoms with E-state index in [2.05, 4.69) is 22.8 Å². The van der Waals surface area contributed by atoms with Gasteiger partial charge in [-0.1, -0.05) is 0 Å². The number of carbonyl (C=O) groups excluding carboxylic acids is 1. The first-order valence-electron chi connectivity index (χ1n) is 7.59. The molecule has 1 amide bonds. The number of nitriles is 1. The van der Waals surface area contributed by atoms with Crippen molar-refractivity contribution in [2.24, 2.45) is 5.92 Å². The first kappa shape index (κ1) is 14.3. The van der Waals surface area contributed by atoms with Crippen LogP contribution in [0.5, 0.6) is 0 Å². The third-order valence-corrected chi connectivity index (χ3v) is 4.56. The van der Waals surface area contributed by atoms with Gasteiger partial charge in [-0.25, -0.2) is 0 Å². The fourth-order valence-corrected chi connectivity index (χ4v) is 3.20. The summed E-state index contributed by atoms with van der Waals surface area (Å²) in [4.78, 5) is 16.3. The minimum atomic E-state index is 0.353. The van der Waals surface area contributed by atoms with E-state index < -0.39 is 0 Å². The third-order valence-electron chi connectivity index (χ3n) is 4.56. The monoisotopic (exact) mass is 263 g/mol. The SMILES string of the molecule is CC(CC#N)N1CCC(CN2CCCCC2=O)CC1. The summed E-state index contributed by atoms with van der Waals surface area (Å²) in [5.41, 5.74) is 0. The topological polar surface area (TPSA) is 47.3 Å². The zero-order chi connectivity index (χ0) is 13.7. The van der Waals surface area contributed by atoms with Crippen molar-refractivity contribution < 1.29 is 4.79 Å². The Bertz CT molecular complexity index is 342. The highest BCUT2D eigenvalue weighted by molar-refractivity contribution is 5.76. The zero-order valence-corrected chi connectivity index (χ0v) is 12.0. The lowest BCUT2D eigenvalue weighted by Crippen LogP contribution is -2.44. The van der Waals surface area contributed by atoms with Crippen molar-refractivity contribution in [2.75, 3.05) is 26.2 Å². The van der Waals surface area contributed by atoms with Gasteiger partial charge in [0.15, 0.2) is 0 Å². The van der Waals surface area contributed by atoms with E-state index >= 15 is 0 Å². The second kappa shape index (κ2) is 6.91. The fraction of sp³-hybridized carbons (Fsp3) is 0.867. The van der Waals surface area contributed by atoms with E-state index in [1.807, 2.05) is 0 Å². The van der Waals surface area contributed by atoms with E-state index in [4.69, 9.17) is 5.26 Å². The molecule has 0 aliphatic carbocycles. The molecule has 2 saturated heterocycles. The summed E-state index contributed by atoms with van der Waals surface area (Å²) in [6, 6.07) is 2.63. The number of piperidine rings is 2. The molecule has 0 aromatic heterocycles. The third kappa shape index (κ3) is 3.94. The van der Waals surface area contributed by atoms with Crippen LogP contribution in [0.25, 0.3) is 0 Å². The van der Waals surface area contributed by atoms with Gasteiger partial charge in [-0.05, 0) is 51.6 Å². The number of nitrogens with zero attached hydrogens (tertiary/aromatic N) is 3. The van der Waals surface area contributed by atoms with E-state index in [1.165, 1.54) is 19.3 Å². The standard InChI is InChI=1S/C15H25N3O/c1-13(5-8-16)17-10-6-14(7-11-17)12-18-9-3-2-4-15(18)19/h13-14H,2-7,9-12H2,1H3. The Balaban J connectivity index is 1.74. The molecule has 2 fully saturated rings. The van der Waals surface area contributed by atoms with Gasteiger partial charge in [-0.3, -0.25) is 9.69 Å². The molecule has 4 nitrogen and oxygen atoms in total. The van der Waals surface area contributed by atoms with E-state index in [0.717, 1.165) is 39.0 Å². The molecule has 0 N–H and O–H groups in total. The van der Waals surface area contributed by atoms with Crippen molar-refractivity contribution in [2.45, 2.75) is 51.5 Å². The van der Waals surface area contributed by atoms with E-state index in [9.17, 15) is 4.79 Å². The highest BCUT2D eigenvalue weighted by Gasteiger charge is 2.26. The summed E-state index contributed by atoms with van der Waals surface area (Å²) in [5.74, 6) is 1.01. The molecule has 0 spiro atoms. The summed E-state index contributed by atoms with van der Waals surface area (Å²) in [6.45, 7) is 6.21. The minimum absolute atomic E-state index is 0.353. The Kier molecular flexibility index (Phi) is 5.21. The van der Waals surface area contributed by atoms with Crippen molar-refractivity contribution in [1.82, 2.24) is 9.80 Å². The van der Waals surface area contributed by atoms with Crippen LogP contribution in [0.15, 0.2) is 0 Å². The predicted octanol–water partition coefficient (Wildman–Crippen LogP) is 2.01. The average Bonchev–Trinajstić information content (AvgIpc) is 2.42. The number of hydrogen-bond donors (Lipinski definition) is 0. The smallest absolute Gasteiger partial charge is 0.222 e. The Morgan fingerprint density at radius 1 is 1.32 bits per heavy atom. The largest absolute Gasteiger partial charge is 0.342 e. The van der Waals surface area contributed by atoms with E-state index in [1.54, 1.807) is 0 Å². The molecular weight excluding hydrogens is 238 g/mol. The predicted molar refractivity (Wildman–Crippen MR) is 74.4 cm³/mol. The average molecular weight is 263 g/mol. The second-order valence-electron chi connectivity index (χ2n) is 5.99. The molecule has 106 valence electrons. The van der Waals surface area contributed by atoms with Crippen molar-refractivity contribution in [3.63, 3.8) is 0 Å². The molecule has 0 saturated carbocycles. The van der Waals surface area contributed by atoms with Gasteiger partial charge in [0.25, 0.3) is 0 Å². The van der Waals surface area contributed by atoms with Crippen LogP contribution in [-0.4, -0.2) is 47.9 Å².